The molecule has 0 atom stereocenters. The topological polar surface area (TPSA) is 9.23 Å². The molecule has 1 aromatic rings. The van der Waals surface area contributed by atoms with Gasteiger partial charge in [0.2, 0.25) is 0 Å². The Labute approximate surface area is 89.9 Å². The number of thioether (sulfide) groups is 1. The lowest BCUT2D eigenvalue weighted by atomic mass is 10.1. The van der Waals surface area contributed by atoms with Crippen LogP contribution < -0.4 is 4.74 Å². The molecule has 0 spiro atoms. The second kappa shape index (κ2) is 4.26. The fourth-order valence-electron chi connectivity index (χ4n) is 1.48. The van der Waals surface area contributed by atoms with Gasteiger partial charge in [-0.25, -0.2) is 0 Å². The Hall–Kier alpha value is -0.630. The summed E-state index contributed by atoms with van der Waals surface area (Å²) in [6, 6.07) is 6.44. The third-order valence-corrected chi connectivity index (χ3v) is 3.30. The maximum absolute atomic E-state index is 5.76. The van der Waals surface area contributed by atoms with Crippen molar-refractivity contribution < 1.29 is 4.74 Å². The van der Waals surface area contributed by atoms with Crippen molar-refractivity contribution in [2.45, 2.75) is 37.2 Å². The van der Waals surface area contributed by atoms with E-state index in [-0.39, 0.29) is 0 Å². The largest absolute Gasteiger partial charge is 0.490 e. The van der Waals surface area contributed by atoms with Gasteiger partial charge in [-0.05, 0) is 49.3 Å². The monoisotopic (exact) mass is 208 g/mol. The second-order valence-electron chi connectivity index (χ2n) is 3.64. The Kier molecular flexibility index (Phi) is 3.02. The van der Waals surface area contributed by atoms with Crippen LogP contribution in [-0.2, 0) is 6.42 Å². The van der Waals surface area contributed by atoms with Crippen LogP contribution >= 0.6 is 11.8 Å². The van der Waals surface area contributed by atoms with E-state index in [4.69, 9.17) is 4.74 Å². The van der Waals surface area contributed by atoms with Gasteiger partial charge in [0.1, 0.15) is 5.75 Å². The Morgan fingerprint density at radius 3 is 2.79 bits per heavy atom. The van der Waals surface area contributed by atoms with Crippen LogP contribution in [0.25, 0.3) is 0 Å². The summed E-state index contributed by atoms with van der Waals surface area (Å²) in [6.07, 6.45) is 6.16. The first-order valence-electron chi connectivity index (χ1n) is 5.17. The number of ether oxygens (including phenoxy) is 1. The van der Waals surface area contributed by atoms with Gasteiger partial charge >= 0.3 is 0 Å². The molecule has 76 valence electrons. The molecule has 0 aromatic heterocycles. The summed E-state index contributed by atoms with van der Waals surface area (Å²) >= 11 is 1.81. The molecular weight excluding hydrogens is 192 g/mol. The highest BCUT2D eigenvalue weighted by Gasteiger charge is 2.23. The van der Waals surface area contributed by atoms with Crippen LogP contribution in [0.3, 0.4) is 0 Å². The molecule has 0 amide bonds. The first-order chi connectivity index (χ1) is 6.83. The van der Waals surface area contributed by atoms with Gasteiger partial charge in [0.05, 0.1) is 6.10 Å². The molecule has 0 saturated heterocycles. The average Bonchev–Trinajstić information content (AvgIpc) is 3.01. The van der Waals surface area contributed by atoms with Crippen LogP contribution in [-0.4, -0.2) is 12.4 Å². The molecule has 0 unspecified atom stereocenters. The van der Waals surface area contributed by atoms with Crippen molar-refractivity contribution >= 4 is 11.8 Å². The lowest BCUT2D eigenvalue weighted by molar-refractivity contribution is 0.302. The SMILES string of the molecule is CCc1cc(OC2CC2)ccc1SC. The Morgan fingerprint density at radius 2 is 2.21 bits per heavy atom. The minimum Gasteiger partial charge on any atom is -0.490 e. The third kappa shape index (κ3) is 2.24. The summed E-state index contributed by atoms with van der Waals surface area (Å²) < 4.78 is 5.76. The van der Waals surface area contributed by atoms with E-state index in [0.29, 0.717) is 6.10 Å². The highest BCUT2D eigenvalue weighted by Crippen LogP contribution is 2.30. The molecule has 2 rings (SSSR count). The molecule has 0 heterocycles. The molecule has 14 heavy (non-hydrogen) atoms. The summed E-state index contributed by atoms with van der Waals surface area (Å²) in [5, 5.41) is 0. The molecule has 1 aromatic carbocycles. The van der Waals surface area contributed by atoms with Gasteiger partial charge in [0, 0.05) is 4.90 Å². The Bertz CT molecular complexity index is 318. The molecule has 0 bridgehead atoms. The molecule has 1 fully saturated rings. The Morgan fingerprint density at radius 1 is 1.43 bits per heavy atom. The average molecular weight is 208 g/mol. The summed E-state index contributed by atoms with van der Waals surface area (Å²) in [5.74, 6) is 1.04. The lowest BCUT2D eigenvalue weighted by Gasteiger charge is -2.09. The van der Waals surface area contributed by atoms with E-state index >= 15 is 0 Å². The molecule has 2 heteroatoms. The van der Waals surface area contributed by atoms with E-state index in [1.165, 1.54) is 23.3 Å². The van der Waals surface area contributed by atoms with Crippen LogP contribution in [0.2, 0.25) is 0 Å². The van der Waals surface area contributed by atoms with Crippen molar-refractivity contribution in [2.75, 3.05) is 6.26 Å². The number of aryl methyl sites for hydroxylation is 1. The van der Waals surface area contributed by atoms with E-state index in [9.17, 15) is 0 Å². The number of hydrogen-bond acceptors (Lipinski definition) is 2. The maximum atomic E-state index is 5.76. The quantitative estimate of drug-likeness (QED) is 0.700. The maximum Gasteiger partial charge on any atom is 0.120 e. The summed E-state index contributed by atoms with van der Waals surface area (Å²) in [5.41, 5.74) is 1.40. The Balaban J connectivity index is 2.16. The van der Waals surface area contributed by atoms with Crippen molar-refractivity contribution in [3.05, 3.63) is 23.8 Å². The molecule has 0 N–H and O–H groups in total. The number of hydrogen-bond donors (Lipinski definition) is 0. The summed E-state index contributed by atoms with van der Waals surface area (Å²) in [4.78, 5) is 1.37. The molecular formula is C12H16OS. The molecule has 1 saturated carbocycles. The van der Waals surface area contributed by atoms with Gasteiger partial charge in [-0.15, -0.1) is 11.8 Å². The van der Waals surface area contributed by atoms with Gasteiger partial charge in [0.25, 0.3) is 0 Å². The van der Waals surface area contributed by atoms with E-state index in [1.807, 2.05) is 11.8 Å². The minimum atomic E-state index is 0.500. The van der Waals surface area contributed by atoms with Crippen molar-refractivity contribution in [2.24, 2.45) is 0 Å². The minimum absolute atomic E-state index is 0.500. The van der Waals surface area contributed by atoms with E-state index in [2.05, 4.69) is 31.4 Å². The van der Waals surface area contributed by atoms with Crippen LogP contribution in [0.5, 0.6) is 5.75 Å². The molecule has 1 aliphatic rings. The predicted molar refractivity (Wildman–Crippen MR) is 61.3 cm³/mol. The van der Waals surface area contributed by atoms with E-state index < -0.39 is 0 Å². The predicted octanol–water partition coefficient (Wildman–Crippen LogP) is 3.51. The normalized spacial score (nSPS) is 15.6. The fourth-order valence-corrected chi connectivity index (χ4v) is 2.15. The smallest absolute Gasteiger partial charge is 0.120 e. The van der Waals surface area contributed by atoms with Crippen molar-refractivity contribution in [3.8, 4) is 5.75 Å². The molecule has 1 nitrogen and oxygen atoms in total. The zero-order valence-corrected chi connectivity index (χ0v) is 9.56. The number of benzene rings is 1. The fraction of sp³-hybridized carbons (Fsp3) is 0.500. The third-order valence-electron chi connectivity index (χ3n) is 2.46. The van der Waals surface area contributed by atoms with E-state index in [0.717, 1.165) is 12.2 Å². The van der Waals surface area contributed by atoms with Gasteiger partial charge in [-0.1, -0.05) is 6.92 Å². The summed E-state index contributed by atoms with van der Waals surface area (Å²) in [6.45, 7) is 2.19. The zero-order valence-electron chi connectivity index (χ0n) is 8.75. The van der Waals surface area contributed by atoms with Gasteiger partial charge in [-0.2, -0.15) is 0 Å². The van der Waals surface area contributed by atoms with Crippen LogP contribution in [0.1, 0.15) is 25.3 Å². The zero-order chi connectivity index (χ0) is 9.97. The first-order valence-corrected chi connectivity index (χ1v) is 6.39. The van der Waals surface area contributed by atoms with Gasteiger partial charge in [0.15, 0.2) is 0 Å². The van der Waals surface area contributed by atoms with Crippen LogP contribution in [0.4, 0.5) is 0 Å². The van der Waals surface area contributed by atoms with Crippen LogP contribution in [0, 0.1) is 0 Å². The second-order valence-corrected chi connectivity index (χ2v) is 4.49. The van der Waals surface area contributed by atoms with Gasteiger partial charge in [-0.3, -0.25) is 0 Å². The lowest BCUT2D eigenvalue weighted by Crippen LogP contribution is -1.97. The first kappa shape index (κ1) is 9.91. The van der Waals surface area contributed by atoms with Crippen LogP contribution in [0.15, 0.2) is 23.1 Å². The summed E-state index contributed by atoms with van der Waals surface area (Å²) in [7, 11) is 0. The van der Waals surface area contributed by atoms with Gasteiger partial charge < -0.3 is 4.74 Å². The number of rotatable bonds is 4. The highest BCUT2D eigenvalue weighted by atomic mass is 32.2. The van der Waals surface area contributed by atoms with E-state index in [1.54, 1.807) is 0 Å². The van der Waals surface area contributed by atoms with Crippen molar-refractivity contribution in [3.63, 3.8) is 0 Å². The van der Waals surface area contributed by atoms with Crippen molar-refractivity contribution in [1.29, 1.82) is 0 Å². The van der Waals surface area contributed by atoms with Crippen molar-refractivity contribution in [1.82, 2.24) is 0 Å². The molecule has 0 aliphatic heterocycles. The molecule has 1 aliphatic carbocycles. The highest BCUT2D eigenvalue weighted by molar-refractivity contribution is 7.98. The molecule has 0 radical (unpaired) electrons. The standard InChI is InChI=1S/C12H16OS/c1-3-9-8-11(13-10-4-5-10)6-7-12(9)14-2/h6-8,10H,3-5H2,1-2H3.